The van der Waals surface area contributed by atoms with Crippen molar-refractivity contribution in [2.45, 2.75) is 46.8 Å². The Bertz CT molecular complexity index is 1470. The minimum atomic E-state index is -0.398. The van der Waals surface area contributed by atoms with Gasteiger partial charge in [0.25, 0.3) is 5.91 Å². The van der Waals surface area contributed by atoms with Gasteiger partial charge in [-0.3, -0.25) is 4.79 Å². The fraction of sp³-hybridized carbons (Fsp3) is 0.370. The number of benzene rings is 1. The lowest BCUT2D eigenvalue weighted by molar-refractivity contribution is 0.0364. The molecule has 0 bridgehead atoms. The van der Waals surface area contributed by atoms with Crippen LogP contribution in [-0.2, 0) is 17.7 Å². The second-order valence-electron chi connectivity index (χ2n) is 9.29. The minimum absolute atomic E-state index is 0.0745. The molecule has 0 atom stereocenters. The quantitative estimate of drug-likeness (QED) is 0.358. The first kappa shape index (κ1) is 24.5. The van der Waals surface area contributed by atoms with Gasteiger partial charge in [-0.25, -0.2) is 9.78 Å². The molecule has 0 radical (unpaired) electrons. The van der Waals surface area contributed by atoms with Gasteiger partial charge in [0.05, 0.1) is 11.7 Å². The second kappa shape index (κ2) is 10.0. The Morgan fingerprint density at radius 3 is 2.81 bits per heavy atom. The van der Waals surface area contributed by atoms with Crippen molar-refractivity contribution in [1.29, 1.82) is 0 Å². The molecule has 1 aliphatic rings. The zero-order valence-electron chi connectivity index (χ0n) is 21.4. The van der Waals surface area contributed by atoms with Crippen LogP contribution in [0.5, 0.6) is 0 Å². The summed E-state index contributed by atoms with van der Waals surface area (Å²) in [6.07, 6.45) is 2.22. The summed E-state index contributed by atoms with van der Waals surface area (Å²) in [4.78, 5) is 36.5. The summed E-state index contributed by atoms with van der Waals surface area (Å²) in [5.74, 6) is 1.28. The molecule has 192 valence electrons. The van der Waals surface area contributed by atoms with Crippen LogP contribution in [0.2, 0.25) is 0 Å². The second-order valence-corrected chi connectivity index (χ2v) is 9.29. The summed E-state index contributed by atoms with van der Waals surface area (Å²) in [6, 6.07) is 9.56. The van der Waals surface area contributed by atoms with Crippen molar-refractivity contribution in [2.75, 3.05) is 25.0 Å². The lowest BCUT2D eigenvalue weighted by Crippen LogP contribution is -2.40. The van der Waals surface area contributed by atoms with Crippen molar-refractivity contribution in [3.8, 4) is 11.4 Å². The van der Waals surface area contributed by atoms with Crippen molar-refractivity contribution in [3.05, 3.63) is 59.4 Å². The van der Waals surface area contributed by atoms with Gasteiger partial charge in [0.15, 0.2) is 0 Å². The lowest BCUT2D eigenvalue weighted by atomic mass is 10.1. The van der Waals surface area contributed by atoms with Crippen LogP contribution in [-0.4, -0.2) is 62.2 Å². The Labute approximate surface area is 214 Å². The average Bonchev–Trinajstić information content (AvgIpc) is 3.49. The topological polar surface area (TPSA) is 115 Å². The Kier molecular flexibility index (Phi) is 6.64. The number of ether oxygens (including phenoxy) is 1. The van der Waals surface area contributed by atoms with E-state index in [4.69, 9.17) is 9.26 Å². The van der Waals surface area contributed by atoms with E-state index in [1.54, 1.807) is 19.2 Å². The molecule has 1 amide bonds. The molecular formula is C27H30N6O4. The van der Waals surface area contributed by atoms with Crippen LogP contribution in [0.1, 0.15) is 53.2 Å². The zero-order valence-corrected chi connectivity index (χ0v) is 21.4. The van der Waals surface area contributed by atoms with Crippen LogP contribution in [0.15, 0.2) is 41.1 Å². The van der Waals surface area contributed by atoms with Gasteiger partial charge in [-0.15, -0.1) is 0 Å². The highest BCUT2D eigenvalue weighted by Gasteiger charge is 2.31. The third-order valence-corrected chi connectivity index (χ3v) is 6.44. The molecule has 0 saturated heterocycles. The van der Waals surface area contributed by atoms with E-state index < -0.39 is 5.97 Å². The van der Waals surface area contributed by atoms with Crippen LogP contribution >= 0.6 is 0 Å². The number of rotatable bonds is 8. The average molecular weight is 503 g/mol. The molecule has 0 unspecified atom stereocenters. The standard InChI is InChI=1S/C27H30N6O4/c1-5-33-22-9-12-32(26(34)21(22)15-23(33)27(35)36-16(2)3)13-11-29-25-20-14-19(24-30-17(4)37-31-24)7-6-18(20)8-10-28-25/h6-8,10,14-16H,5,9,11-13H2,1-4H3,(H,28,29). The number of aromatic nitrogens is 4. The number of nitrogens with one attached hydrogen (secondary N) is 1. The van der Waals surface area contributed by atoms with Gasteiger partial charge < -0.3 is 24.0 Å². The van der Waals surface area contributed by atoms with E-state index >= 15 is 0 Å². The van der Waals surface area contributed by atoms with Crippen LogP contribution in [0.3, 0.4) is 0 Å². The molecule has 4 heterocycles. The minimum Gasteiger partial charge on any atom is -0.458 e. The third-order valence-electron chi connectivity index (χ3n) is 6.44. The molecular weight excluding hydrogens is 472 g/mol. The maximum atomic E-state index is 13.3. The molecule has 10 nitrogen and oxygen atoms in total. The Hall–Kier alpha value is -4.21. The first-order valence-electron chi connectivity index (χ1n) is 12.5. The van der Waals surface area contributed by atoms with Crippen molar-refractivity contribution in [1.82, 2.24) is 24.6 Å². The monoisotopic (exact) mass is 502 g/mol. The molecule has 3 aromatic heterocycles. The van der Waals surface area contributed by atoms with Crippen LogP contribution in [0.25, 0.3) is 22.2 Å². The summed E-state index contributed by atoms with van der Waals surface area (Å²) in [7, 11) is 0. The van der Waals surface area contributed by atoms with Gasteiger partial charge in [0, 0.05) is 62.4 Å². The van der Waals surface area contributed by atoms with E-state index in [-0.39, 0.29) is 12.0 Å². The van der Waals surface area contributed by atoms with Gasteiger partial charge in [-0.05, 0) is 44.4 Å². The number of aryl methyl sites for hydroxylation is 1. The van der Waals surface area contributed by atoms with E-state index in [0.717, 1.165) is 27.8 Å². The van der Waals surface area contributed by atoms with Crippen molar-refractivity contribution in [2.24, 2.45) is 0 Å². The summed E-state index contributed by atoms with van der Waals surface area (Å²) in [6.45, 7) is 9.56. The normalized spacial score (nSPS) is 13.3. The van der Waals surface area contributed by atoms with Crippen molar-refractivity contribution >= 4 is 28.5 Å². The molecule has 4 aromatic rings. The number of pyridine rings is 1. The fourth-order valence-corrected chi connectivity index (χ4v) is 4.75. The molecule has 0 spiro atoms. The molecule has 1 aliphatic heterocycles. The zero-order chi connectivity index (χ0) is 26.1. The van der Waals surface area contributed by atoms with E-state index in [9.17, 15) is 9.59 Å². The maximum absolute atomic E-state index is 13.3. The molecule has 0 aliphatic carbocycles. The molecule has 1 aromatic carbocycles. The predicted molar refractivity (Wildman–Crippen MR) is 139 cm³/mol. The van der Waals surface area contributed by atoms with Gasteiger partial charge in [-0.2, -0.15) is 4.98 Å². The Morgan fingerprint density at radius 2 is 2.08 bits per heavy atom. The maximum Gasteiger partial charge on any atom is 0.355 e. The number of hydrogen-bond donors (Lipinski definition) is 1. The van der Waals surface area contributed by atoms with Gasteiger partial charge in [-0.1, -0.05) is 17.3 Å². The summed E-state index contributed by atoms with van der Waals surface area (Å²) < 4.78 is 12.4. The van der Waals surface area contributed by atoms with E-state index in [1.807, 2.05) is 54.5 Å². The summed E-state index contributed by atoms with van der Waals surface area (Å²) in [5, 5.41) is 9.35. The molecule has 1 N–H and O–H groups in total. The first-order chi connectivity index (χ1) is 17.9. The largest absolute Gasteiger partial charge is 0.458 e. The highest BCUT2D eigenvalue weighted by atomic mass is 16.5. The number of carbonyl (C=O) groups excluding carboxylic acids is 2. The number of nitrogens with zero attached hydrogens (tertiary/aromatic N) is 5. The number of hydrogen-bond acceptors (Lipinski definition) is 8. The Morgan fingerprint density at radius 1 is 1.24 bits per heavy atom. The van der Waals surface area contributed by atoms with Crippen molar-refractivity contribution in [3.63, 3.8) is 0 Å². The fourth-order valence-electron chi connectivity index (χ4n) is 4.75. The molecule has 10 heteroatoms. The number of fused-ring (bicyclic) bond motifs is 2. The molecule has 0 fully saturated rings. The lowest BCUT2D eigenvalue weighted by Gasteiger charge is -2.28. The summed E-state index contributed by atoms with van der Waals surface area (Å²) >= 11 is 0. The number of carbonyl (C=O) groups is 2. The van der Waals surface area contributed by atoms with Crippen molar-refractivity contribution < 1.29 is 18.8 Å². The van der Waals surface area contributed by atoms with Gasteiger partial charge in [0.1, 0.15) is 11.5 Å². The van der Waals surface area contributed by atoms with E-state index in [1.165, 1.54) is 0 Å². The number of anilines is 1. The highest BCUT2D eigenvalue weighted by Crippen LogP contribution is 2.27. The third kappa shape index (κ3) is 4.78. The number of amides is 1. The number of esters is 1. The van der Waals surface area contributed by atoms with Gasteiger partial charge in [0.2, 0.25) is 11.7 Å². The van der Waals surface area contributed by atoms with Crippen LogP contribution in [0.4, 0.5) is 5.82 Å². The summed E-state index contributed by atoms with van der Waals surface area (Å²) in [5.41, 5.74) is 2.74. The van der Waals surface area contributed by atoms with Crippen LogP contribution < -0.4 is 5.32 Å². The first-order valence-corrected chi connectivity index (χ1v) is 12.5. The SMILES string of the molecule is CCn1c(C(=O)OC(C)C)cc2c1CCN(CCNc1nccc3ccc(-c4noc(C)n4)cc13)C2=O. The molecule has 5 rings (SSSR count). The highest BCUT2D eigenvalue weighted by molar-refractivity contribution is 6.00. The molecule has 37 heavy (non-hydrogen) atoms. The molecule has 0 saturated carbocycles. The Balaban J connectivity index is 1.30. The van der Waals surface area contributed by atoms with Gasteiger partial charge >= 0.3 is 5.97 Å². The van der Waals surface area contributed by atoms with E-state index in [0.29, 0.717) is 55.6 Å². The smallest absolute Gasteiger partial charge is 0.355 e. The van der Waals surface area contributed by atoms with E-state index in [2.05, 4.69) is 20.4 Å². The van der Waals surface area contributed by atoms with Crippen LogP contribution in [0, 0.1) is 6.92 Å². The predicted octanol–water partition coefficient (Wildman–Crippen LogP) is 4.09.